The molecule has 1 amide bonds. The van der Waals surface area contributed by atoms with Crippen molar-refractivity contribution in [1.29, 1.82) is 0 Å². The van der Waals surface area contributed by atoms with Crippen LogP contribution in [0.15, 0.2) is 65.6 Å². The largest absolute Gasteiger partial charge is 0.507 e. The zero-order valence-electron chi connectivity index (χ0n) is 16.8. The van der Waals surface area contributed by atoms with Crippen molar-refractivity contribution >= 4 is 55.5 Å². The lowest BCUT2D eigenvalue weighted by molar-refractivity contribution is -0.132. The zero-order valence-corrected chi connectivity index (χ0v) is 18.5. The van der Waals surface area contributed by atoms with E-state index in [1.807, 2.05) is 61.7 Å². The van der Waals surface area contributed by atoms with E-state index >= 15 is 0 Å². The van der Waals surface area contributed by atoms with Gasteiger partial charge in [-0.3, -0.25) is 14.5 Å². The van der Waals surface area contributed by atoms with Crippen LogP contribution in [0.3, 0.4) is 0 Å². The summed E-state index contributed by atoms with van der Waals surface area (Å²) >= 11 is 2.81. The number of hydrogen-bond donors (Lipinski definition) is 1. The third-order valence-electron chi connectivity index (χ3n) is 5.32. The first-order valence-electron chi connectivity index (χ1n) is 9.72. The van der Waals surface area contributed by atoms with E-state index in [0.717, 1.165) is 26.2 Å². The third kappa shape index (κ3) is 3.26. The van der Waals surface area contributed by atoms with Crippen molar-refractivity contribution in [3.05, 3.63) is 87.1 Å². The van der Waals surface area contributed by atoms with Crippen LogP contribution in [0, 0.1) is 13.8 Å². The Morgan fingerprint density at radius 2 is 1.77 bits per heavy atom. The van der Waals surface area contributed by atoms with E-state index < -0.39 is 17.7 Å². The molecule has 1 saturated heterocycles. The summed E-state index contributed by atoms with van der Waals surface area (Å²) in [6.07, 6.45) is 0. The average Bonchev–Trinajstić information content (AvgIpc) is 3.47. The maximum absolute atomic E-state index is 13.2. The van der Waals surface area contributed by atoms with Crippen molar-refractivity contribution in [1.82, 2.24) is 4.98 Å². The highest BCUT2D eigenvalue weighted by atomic mass is 32.1. The number of amides is 1. The molecule has 0 radical (unpaired) electrons. The molecule has 1 aliphatic rings. The molecular formula is C24H18N2O3S2. The summed E-state index contributed by atoms with van der Waals surface area (Å²) in [4.78, 5) is 33.1. The van der Waals surface area contributed by atoms with Gasteiger partial charge in [-0.1, -0.05) is 53.3 Å². The molecule has 1 N–H and O–H groups in total. The van der Waals surface area contributed by atoms with E-state index in [0.29, 0.717) is 10.7 Å². The number of fused-ring (bicyclic) bond motifs is 1. The second-order valence-electron chi connectivity index (χ2n) is 7.52. The first-order chi connectivity index (χ1) is 14.9. The molecule has 1 atom stereocenters. The van der Waals surface area contributed by atoms with Gasteiger partial charge in [0.2, 0.25) is 0 Å². The van der Waals surface area contributed by atoms with E-state index in [4.69, 9.17) is 0 Å². The van der Waals surface area contributed by atoms with Crippen LogP contribution in [0.1, 0.15) is 27.6 Å². The Morgan fingerprint density at radius 3 is 2.48 bits per heavy atom. The average molecular weight is 447 g/mol. The topological polar surface area (TPSA) is 70.5 Å². The van der Waals surface area contributed by atoms with E-state index in [2.05, 4.69) is 4.98 Å². The Labute approximate surface area is 186 Å². The quantitative estimate of drug-likeness (QED) is 0.253. The molecule has 31 heavy (non-hydrogen) atoms. The van der Waals surface area contributed by atoms with Gasteiger partial charge in [-0.25, -0.2) is 4.98 Å². The summed E-state index contributed by atoms with van der Waals surface area (Å²) in [7, 11) is 0. The number of aliphatic hydroxyl groups excluding tert-OH is 1. The van der Waals surface area contributed by atoms with Crippen LogP contribution in [-0.2, 0) is 9.59 Å². The molecule has 3 heterocycles. The van der Waals surface area contributed by atoms with E-state index in [1.165, 1.54) is 27.6 Å². The molecule has 0 spiro atoms. The van der Waals surface area contributed by atoms with Gasteiger partial charge in [0.05, 0.1) is 15.8 Å². The molecule has 4 aromatic rings. The van der Waals surface area contributed by atoms with Crippen LogP contribution in [0.4, 0.5) is 5.13 Å². The number of aromatic nitrogens is 1. The number of rotatable bonds is 3. The molecule has 0 aliphatic carbocycles. The first-order valence-corrected chi connectivity index (χ1v) is 11.4. The number of carbonyl (C=O) groups is 2. The standard InChI is InChI=1S/C24H18N2O3S2/c1-13-5-8-15(9-6-13)21(27)19-20(17-4-3-11-30-17)26(23(29)22(19)28)24-25-16-10-7-14(2)12-18(16)31-24/h3-12,20,27H,1-2H3. The van der Waals surface area contributed by atoms with E-state index in [9.17, 15) is 14.7 Å². The lowest BCUT2D eigenvalue weighted by atomic mass is 9.99. The normalized spacial score (nSPS) is 18.3. The van der Waals surface area contributed by atoms with Gasteiger partial charge in [-0.15, -0.1) is 11.3 Å². The Balaban J connectivity index is 1.71. The first kappa shape index (κ1) is 19.7. The summed E-state index contributed by atoms with van der Waals surface area (Å²) < 4.78 is 0.945. The van der Waals surface area contributed by atoms with Crippen LogP contribution in [-0.4, -0.2) is 21.8 Å². The number of Topliss-reactive ketones (excluding diaryl/α,β-unsaturated/α-hetero) is 1. The van der Waals surface area contributed by atoms with Crippen molar-refractivity contribution < 1.29 is 14.7 Å². The molecule has 5 nitrogen and oxygen atoms in total. The molecule has 2 aromatic carbocycles. The van der Waals surface area contributed by atoms with Crippen molar-refractivity contribution in [2.45, 2.75) is 19.9 Å². The lowest BCUT2D eigenvalue weighted by Crippen LogP contribution is -2.28. The van der Waals surface area contributed by atoms with Gasteiger partial charge in [-0.05, 0) is 43.0 Å². The Morgan fingerprint density at radius 1 is 1.03 bits per heavy atom. The van der Waals surface area contributed by atoms with E-state index in [1.54, 1.807) is 12.1 Å². The number of carbonyl (C=O) groups excluding carboxylic acids is 2. The van der Waals surface area contributed by atoms with E-state index in [-0.39, 0.29) is 11.3 Å². The fraction of sp³-hybridized carbons (Fsp3) is 0.125. The SMILES string of the molecule is Cc1ccc(C(O)=C2C(=O)C(=O)N(c3nc4ccc(C)cc4s3)C2c2cccs2)cc1. The van der Waals surface area contributed by atoms with Gasteiger partial charge in [0.15, 0.2) is 5.13 Å². The minimum atomic E-state index is -0.719. The number of aliphatic hydroxyl groups is 1. The molecule has 0 bridgehead atoms. The summed E-state index contributed by atoms with van der Waals surface area (Å²) in [6, 6.07) is 16.1. The second kappa shape index (κ2) is 7.44. The number of benzene rings is 2. The van der Waals surface area contributed by atoms with Crippen molar-refractivity contribution in [2.24, 2.45) is 0 Å². The highest BCUT2D eigenvalue weighted by Crippen LogP contribution is 2.45. The minimum absolute atomic E-state index is 0.0896. The monoisotopic (exact) mass is 446 g/mol. The van der Waals surface area contributed by atoms with Gasteiger partial charge in [0.25, 0.3) is 5.78 Å². The number of hydrogen-bond acceptors (Lipinski definition) is 6. The van der Waals surface area contributed by atoms with Crippen LogP contribution < -0.4 is 4.90 Å². The van der Waals surface area contributed by atoms with Gasteiger partial charge in [0.1, 0.15) is 11.8 Å². The highest BCUT2D eigenvalue weighted by molar-refractivity contribution is 7.22. The Kier molecular flexibility index (Phi) is 4.72. The molecule has 1 unspecified atom stereocenters. The maximum Gasteiger partial charge on any atom is 0.301 e. The number of thiophene rings is 1. The van der Waals surface area contributed by atoms with Crippen LogP contribution >= 0.6 is 22.7 Å². The summed E-state index contributed by atoms with van der Waals surface area (Å²) in [6.45, 7) is 3.95. The van der Waals surface area contributed by atoms with Crippen molar-refractivity contribution in [3.8, 4) is 0 Å². The van der Waals surface area contributed by atoms with Crippen molar-refractivity contribution in [2.75, 3.05) is 4.90 Å². The molecule has 5 rings (SSSR count). The summed E-state index contributed by atoms with van der Waals surface area (Å²) in [5.74, 6) is -1.55. The number of thiazole rings is 1. The van der Waals surface area contributed by atoms with Crippen molar-refractivity contribution in [3.63, 3.8) is 0 Å². The van der Waals surface area contributed by atoms with Gasteiger partial charge in [0, 0.05) is 10.4 Å². The van der Waals surface area contributed by atoms with Crippen LogP contribution in [0.25, 0.3) is 16.0 Å². The molecule has 0 saturated carbocycles. The fourth-order valence-corrected chi connectivity index (χ4v) is 5.65. The molecular weight excluding hydrogens is 428 g/mol. The smallest absolute Gasteiger partial charge is 0.301 e. The number of ketones is 1. The van der Waals surface area contributed by atoms with Gasteiger partial charge < -0.3 is 5.11 Å². The third-order valence-corrected chi connectivity index (χ3v) is 7.26. The number of aryl methyl sites for hydroxylation is 2. The zero-order chi connectivity index (χ0) is 21.7. The molecule has 2 aromatic heterocycles. The number of anilines is 1. The molecule has 1 aliphatic heterocycles. The van der Waals surface area contributed by atoms with Gasteiger partial charge >= 0.3 is 5.91 Å². The van der Waals surface area contributed by atoms with Gasteiger partial charge in [-0.2, -0.15) is 0 Å². The van der Waals surface area contributed by atoms with Crippen LogP contribution in [0.2, 0.25) is 0 Å². The Bertz CT molecular complexity index is 1350. The lowest BCUT2D eigenvalue weighted by Gasteiger charge is -2.21. The fourth-order valence-electron chi connectivity index (χ4n) is 3.74. The maximum atomic E-state index is 13.2. The summed E-state index contributed by atoms with van der Waals surface area (Å²) in [5.41, 5.74) is 3.50. The predicted molar refractivity (Wildman–Crippen MR) is 125 cm³/mol. The molecule has 154 valence electrons. The second-order valence-corrected chi connectivity index (χ2v) is 9.51. The van der Waals surface area contributed by atoms with Crippen LogP contribution in [0.5, 0.6) is 0 Å². The number of nitrogens with zero attached hydrogens (tertiary/aromatic N) is 2. The molecule has 7 heteroatoms. The minimum Gasteiger partial charge on any atom is -0.507 e. The highest BCUT2D eigenvalue weighted by Gasteiger charge is 2.48. The Hall–Kier alpha value is -3.29. The molecule has 1 fully saturated rings. The predicted octanol–water partition coefficient (Wildman–Crippen LogP) is 5.60. The summed E-state index contributed by atoms with van der Waals surface area (Å²) in [5, 5.41) is 13.4.